The molecule has 0 aromatic heterocycles. The SMILES string of the molecule is CC(CCC[C@H]1C[C@@H](N(C)C)C1)[C@H]1C[C@H](N(C)C)C1. The van der Waals surface area contributed by atoms with E-state index in [9.17, 15) is 0 Å². The zero-order valence-corrected chi connectivity index (χ0v) is 13.7. The first-order valence-corrected chi connectivity index (χ1v) is 8.30. The Bertz CT molecular complexity index is 262. The maximum Gasteiger partial charge on any atom is 0.00946 e. The van der Waals surface area contributed by atoms with Gasteiger partial charge >= 0.3 is 0 Å². The van der Waals surface area contributed by atoms with Gasteiger partial charge in [0.15, 0.2) is 0 Å². The zero-order chi connectivity index (χ0) is 14.0. The Morgan fingerprint density at radius 1 is 0.895 bits per heavy atom. The molecule has 0 amide bonds. The minimum Gasteiger partial charge on any atom is -0.306 e. The third-order valence-electron chi connectivity index (χ3n) is 5.90. The molecule has 0 aromatic carbocycles. The second-order valence-corrected chi connectivity index (χ2v) is 7.71. The van der Waals surface area contributed by atoms with Crippen molar-refractivity contribution in [2.24, 2.45) is 17.8 Å². The summed E-state index contributed by atoms with van der Waals surface area (Å²) in [5.74, 6) is 3.01. The molecule has 0 aliphatic heterocycles. The van der Waals surface area contributed by atoms with Gasteiger partial charge < -0.3 is 9.80 Å². The van der Waals surface area contributed by atoms with Gasteiger partial charge in [-0.3, -0.25) is 0 Å². The first-order chi connectivity index (χ1) is 8.97. The third kappa shape index (κ3) is 3.95. The summed E-state index contributed by atoms with van der Waals surface area (Å²) in [4.78, 5) is 4.80. The van der Waals surface area contributed by atoms with Gasteiger partial charge in [0.2, 0.25) is 0 Å². The Morgan fingerprint density at radius 3 is 1.95 bits per heavy atom. The Labute approximate surface area is 120 Å². The number of nitrogens with zero attached hydrogens (tertiary/aromatic N) is 2. The fraction of sp³-hybridized carbons (Fsp3) is 1.00. The van der Waals surface area contributed by atoms with Crippen LogP contribution in [0, 0.1) is 17.8 Å². The van der Waals surface area contributed by atoms with Gasteiger partial charge in [0.25, 0.3) is 0 Å². The first kappa shape index (κ1) is 15.3. The lowest BCUT2D eigenvalue weighted by Gasteiger charge is -2.43. The standard InChI is InChI=1S/C17H34N2/c1-13(15-11-17(12-15)19(4)5)7-6-8-14-9-16(10-14)18(2)3/h13-17H,6-12H2,1-5H3/t13?,14-,15-,16+,17-. The van der Waals surface area contributed by atoms with Crippen molar-refractivity contribution in [3.63, 3.8) is 0 Å². The smallest absolute Gasteiger partial charge is 0.00946 e. The van der Waals surface area contributed by atoms with E-state index >= 15 is 0 Å². The Balaban J connectivity index is 1.50. The van der Waals surface area contributed by atoms with Crippen LogP contribution in [-0.2, 0) is 0 Å². The molecule has 2 nitrogen and oxygen atoms in total. The molecule has 2 saturated carbocycles. The van der Waals surface area contributed by atoms with Gasteiger partial charge in [-0.05, 0) is 71.6 Å². The average molecular weight is 266 g/mol. The van der Waals surface area contributed by atoms with Crippen LogP contribution in [0.25, 0.3) is 0 Å². The molecule has 0 radical (unpaired) electrons. The quantitative estimate of drug-likeness (QED) is 0.696. The molecule has 2 heteroatoms. The summed E-state index contributed by atoms with van der Waals surface area (Å²) in [7, 11) is 8.90. The Kier molecular flexibility index (Phi) is 5.30. The Morgan fingerprint density at radius 2 is 1.42 bits per heavy atom. The van der Waals surface area contributed by atoms with Crippen LogP contribution >= 0.6 is 0 Å². The molecule has 2 aliphatic rings. The van der Waals surface area contributed by atoms with Crippen molar-refractivity contribution in [2.75, 3.05) is 28.2 Å². The molecule has 0 N–H and O–H groups in total. The second kappa shape index (κ2) is 6.58. The van der Waals surface area contributed by atoms with E-state index < -0.39 is 0 Å². The van der Waals surface area contributed by atoms with Gasteiger partial charge in [-0.2, -0.15) is 0 Å². The molecule has 2 fully saturated rings. The summed E-state index contributed by atoms with van der Waals surface area (Å²) in [6.07, 6.45) is 10.2. The monoisotopic (exact) mass is 266 g/mol. The third-order valence-corrected chi connectivity index (χ3v) is 5.90. The molecule has 0 aromatic rings. The molecule has 1 atom stereocenters. The summed E-state index contributed by atoms with van der Waals surface area (Å²) in [6.45, 7) is 2.49. The number of hydrogen-bond donors (Lipinski definition) is 0. The lowest BCUT2D eigenvalue weighted by Crippen LogP contribution is -2.42. The van der Waals surface area contributed by atoms with Crippen molar-refractivity contribution in [1.82, 2.24) is 9.80 Å². The lowest BCUT2D eigenvalue weighted by atomic mass is 9.70. The topological polar surface area (TPSA) is 6.48 Å². The van der Waals surface area contributed by atoms with Crippen molar-refractivity contribution >= 4 is 0 Å². The molecule has 19 heavy (non-hydrogen) atoms. The number of rotatable bonds is 7. The van der Waals surface area contributed by atoms with Crippen LogP contribution in [0.1, 0.15) is 51.9 Å². The molecule has 2 aliphatic carbocycles. The average Bonchev–Trinajstić information content (AvgIpc) is 2.17. The van der Waals surface area contributed by atoms with Crippen LogP contribution in [0.5, 0.6) is 0 Å². The van der Waals surface area contributed by atoms with Gasteiger partial charge in [-0.15, -0.1) is 0 Å². The van der Waals surface area contributed by atoms with Crippen LogP contribution in [0.3, 0.4) is 0 Å². The predicted molar refractivity (Wildman–Crippen MR) is 83.4 cm³/mol. The molecule has 0 spiro atoms. The molecule has 0 bridgehead atoms. The van der Waals surface area contributed by atoms with Gasteiger partial charge in [0.05, 0.1) is 0 Å². The molecule has 112 valence electrons. The van der Waals surface area contributed by atoms with Crippen LogP contribution < -0.4 is 0 Å². The van der Waals surface area contributed by atoms with Crippen molar-refractivity contribution in [1.29, 1.82) is 0 Å². The maximum absolute atomic E-state index is 2.49. The second-order valence-electron chi connectivity index (χ2n) is 7.71. The molecule has 2 rings (SSSR count). The zero-order valence-electron chi connectivity index (χ0n) is 13.7. The van der Waals surface area contributed by atoms with E-state index in [1.54, 1.807) is 0 Å². The minimum absolute atomic E-state index is 0.875. The van der Waals surface area contributed by atoms with Crippen molar-refractivity contribution in [2.45, 2.75) is 64.0 Å². The number of hydrogen-bond acceptors (Lipinski definition) is 2. The maximum atomic E-state index is 2.49. The summed E-state index contributed by atoms with van der Waals surface area (Å²) >= 11 is 0. The van der Waals surface area contributed by atoms with E-state index in [4.69, 9.17) is 0 Å². The van der Waals surface area contributed by atoms with Gasteiger partial charge in [0.1, 0.15) is 0 Å². The molecule has 0 heterocycles. The van der Waals surface area contributed by atoms with E-state index in [0.29, 0.717) is 0 Å². The van der Waals surface area contributed by atoms with E-state index in [1.807, 2.05) is 0 Å². The van der Waals surface area contributed by atoms with Gasteiger partial charge in [0, 0.05) is 12.1 Å². The van der Waals surface area contributed by atoms with E-state index in [2.05, 4.69) is 44.9 Å². The van der Waals surface area contributed by atoms with Crippen molar-refractivity contribution in [3.05, 3.63) is 0 Å². The first-order valence-electron chi connectivity index (χ1n) is 8.30. The molecular formula is C17H34N2. The van der Waals surface area contributed by atoms with Crippen LogP contribution in [0.4, 0.5) is 0 Å². The summed E-state index contributed by atoms with van der Waals surface area (Å²) in [5.41, 5.74) is 0. The summed E-state index contributed by atoms with van der Waals surface area (Å²) in [5, 5.41) is 0. The summed E-state index contributed by atoms with van der Waals surface area (Å²) < 4.78 is 0. The predicted octanol–water partition coefficient (Wildman–Crippen LogP) is 3.47. The fourth-order valence-corrected chi connectivity index (χ4v) is 3.84. The van der Waals surface area contributed by atoms with Crippen LogP contribution in [0.15, 0.2) is 0 Å². The highest BCUT2D eigenvalue weighted by Gasteiger charge is 2.34. The van der Waals surface area contributed by atoms with Crippen molar-refractivity contribution < 1.29 is 0 Å². The van der Waals surface area contributed by atoms with Gasteiger partial charge in [-0.25, -0.2) is 0 Å². The molecular weight excluding hydrogens is 232 g/mol. The van der Waals surface area contributed by atoms with Gasteiger partial charge in [-0.1, -0.05) is 26.2 Å². The van der Waals surface area contributed by atoms with Crippen molar-refractivity contribution in [3.8, 4) is 0 Å². The fourth-order valence-electron chi connectivity index (χ4n) is 3.84. The molecule has 0 saturated heterocycles. The highest BCUT2D eigenvalue weighted by atomic mass is 15.1. The van der Waals surface area contributed by atoms with E-state index in [-0.39, 0.29) is 0 Å². The minimum atomic E-state index is 0.875. The molecule has 1 unspecified atom stereocenters. The van der Waals surface area contributed by atoms with Crippen LogP contribution in [-0.4, -0.2) is 50.1 Å². The highest BCUT2D eigenvalue weighted by molar-refractivity contribution is 4.88. The summed E-state index contributed by atoms with van der Waals surface area (Å²) in [6, 6.07) is 1.76. The van der Waals surface area contributed by atoms with E-state index in [0.717, 1.165) is 29.8 Å². The van der Waals surface area contributed by atoms with E-state index in [1.165, 1.54) is 44.9 Å². The highest BCUT2D eigenvalue weighted by Crippen LogP contribution is 2.39. The van der Waals surface area contributed by atoms with Crippen LogP contribution in [0.2, 0.25) is 0 Å². The largest absolute Gasteiger partial charge is 0.306 e. The Hall–Kier alpha value is -0.0800. The normalized spacial score (nSPS) is 36.2. The lowest BCUT2D eigenvalue weighted by molar-refractivity contribution is 0.0779.